The van der Waals surface area contributed by atoms with Gasteiger partial charge in [0.2, 0.25) is 0 Å². The maximum Gasteiger partial charge on any atom is 0.136 e. The zero-order valence-electron chi connectivity index (χ0n) is 21.2. The summed E-state index contributed by atoms with van der Waals surface area (Å²) >= 11 is 0. The Kier molecular flexibility index (Phi) is 6.52. The van der Waals surface area contributed by atoms with E-state index >= 15 is 0 Å². The maximum absolute atomic E-state index is 13.5. The number of carbonyl (C=O) groups is 2. The van der Waals surface area contributed by atoms with Gasteiger partial charge in [-0.2, -0.15) is 0 Å². The van der Waals surface area contributed by atoms with Crippen LogP contribution < -0.4 is 0 Å². The van der Waals surface area contributed by atoms with E-state index in [9.17, 15) is 9.59 Å². The highest BCUT2D eigenvalue weighted by Crippen LogP contribution is 2.67. The molecule has 1 unspecified atom stereocenters. The van der Waals surface area contributed by atoms with E-state index in [0.717, 1.165) is 36.5 Å². The van der Waals surface area contributed by atoms with Crippen molar-refractivity contribution < 1.29 is 9.59 Å². The van der Waals surface area contributed by atoms with Crippen molar-refractivity contribution in [3.63, 3.8) is 0 Å². The van der Waals surface area contributed by atoms with Crippen LogP contribution in [0, 0.1) is 58.2 Å². The number of carbonyl (C=O) groups excluding carboxylic acids is 2. The van der Waals surface area contributed by atoms with E-state index in [0.29, 0.717) is 47.6 Å². The van der Waals surface area contributed by atoms with Gasteiger partial charge in [-0.15, -0.1) is 0 Å². The molecule has 0 bridgehead atoms. The predicted octanol–water partition coefficient (Wildman–Crippen LogP) is 7.49. The molecule has 0 aromatic carbocycles. The molecule has 4 rings (SSSR count). The van der Waals surface area contributed by atoms with E-state index in [1.165, 1.54) is 44.9 Å². The summed E-state index contributed by atoms with van der Waals surface area (Å²) < 4.78 is 0. The van der Waals surface area contributed by atoms with Gasteiger partial charge < -0.3 is 0 Å². The highest BCUT2D eigenvalue weighted by molar-refractivity contribution is 5.86. The summed E-state index contributed by atoms with van der Waals surface area (Å²) in [5.74, 6) is 5.85. The molecular formula is C29H48O2. The minimum atomic E-state index is 0.225. The van der Waals surface area contributed by atoms with E-state index in [1.807, 2.05) is 0 Å². The molecule has 4 aliphatic rings. The first-order valence-corrected chi connectivity index (χ1v) is 13.7. The largest absolute Gasteiger partial charge is 0.300 e. The monoisotopic (exact) mass is 428 g/mol. The van der Waals surface area contributed by atoms with Crippen LogP contribution in [0.5, 0.6) is 0 Å². The highest BCUT2D eigenvalue weighted by atomic mass is 16.1. The van der Waals surface area contributed by atoms with Crippen molar-refractivity contribution in [2.45, 2.75) is 112 Å². The van der Waals surface area contributed by atoms with E-state index in [2.05, 4.69) is 41.5 Å². The molecule has 4 fully saturated rings. The summed E-state index contributed by atoms with van der Waals surface area (Å²) in [7, 11) is 0. The summed E-state index contributed by atoms with van der Waals surface area (Å²) in [4.78, 5) is 25.7. The zero-order valence-corrected chi connectivity index (χ0v) is 21.2. The van der Waals surface area contributed by atoms with Crippen molar-refractivity contribution in [3.8, 4) is 0 Å². The molecule has 0 N–H and O–H groups in total. The van der Waals surface area contributed by atoms with Gasteiger partial charge in [0.15, 0.2) is 0 Å². The Bertz CT molecular complexity index is 695. The molecule has 176 valence electrons. The molecular weight excluding hydrogens is 380 g/mol. The lowest BCUT2D eigenvalue weighted by Crippen LogP contribution is -2.57. The van der Waals surface area contributed by atoms with Crippen LogP contribution in [-0.2, 0) is 9.59 Å². The minimum Gasteiger partial charge on any atom is -0.300 e. The summed E-state index contributed by atoms with van der Waals surface area (Å²) in [5.41, 5.74) is 0.576. The topological polar surface area (TPSA) is 34.1 Å². The van der Waals surface area contributed by atoms with Crippen LogP contribution in [0.15, 0.2) is 0 Å². The molecule has 0 amide bonds. The average Bonchev–Trinajstić information content (AvgIpc) is 3.06. The lowest BCUT2D eigenvalue weighted by Gasteiger charge is -2.59. The molecule has 0 heterocycles. The first kappa shape index (κ1) is 23.5. The van der Waals surface area contributed by atoms with Crippen LogP contribution in [0.25, 0.3) is 0 Å². The quantitative estimate of drug-likeness (QED) is 0.439. The fraction of sp³-hybridized carbons (Fsp3) is 0.931. The third-order valence-corrected chi connectivity index (χ3v) is 11.5. The molecule has 0 saturated heterocycles. The van der Waals surface area contributed by atoms with Crippen molar-refractivity contribution >= 4 is 11.6 Å². The lowest BCUT2D eigenvalue weighted by molar-refractivity contribution is -0.159. The molecule has 2 nitrogen and oxygen atoms in total. The van der Waals surface area contributed by atoms with Gasteiger partial charge in [0.25, 0.3) is 0 Å². The van der Waals surface area contributed by atoms with Gasteiger partial charge in [-0.25, -0.2) is 0 Å². The van der Waals surface area contributed by atoms with Gasteiger partial charge in [0, 0.05) is 25.2 Å². The first-order chi connectivity index (χ1) is 14.6. The number of Topliss-reactive ketones (excluding diaryl/α,β-unsaturated/α-hetero) is 2. The second-order valence-electron chi connectivity index (χ2n) is 13.1. The molecule has 31 heavy (non-hydrogen) atoms. The Hall–Kier alpha value is -0.660. The molecule has 2 heteroatoms. The molecule has 4 saturated carbocycles. The fourth-order valence-corrected chi connectivity index (χ4v) is 9.39. The summed E-state index contributed by atoms with van der Waals surface area (Å²) in [5, 5.41) is 0. The maximum atomic E-state index is 13.5. The Morgan fingerprint density at radius 3 is 2.29 bits per heavy atom. The van der Waals surface area contributed by atoms with Crippen molar-refractivity contribution in [3.05, 3.63) is 0 Å². The molecule has 0 aromatic rings. The van der Waals surface area contributed by atoms with Crippen LogP contribution in [-0.4, -0.2) is 11.6 Å². The number of rotatable bonds is 6. The smallest absolute Gasteiger partial charge is 0.136 e. The van der Waals surface area contributed by atoms with Crippen molar-refractivity contribution in [2.24, 2.45) is 58.2 Å². The van der Waals surface area contributed by atoms with E-state index < -0.39 is 0 Å². The number of hydrogen-bond donors (Lipinski definition) is 0. The standard InChI is InChI=1S/C29H48O2/c1-7-20(18(2)3)9-8-19(4)23-10-11-24-27-25(13-15-29(23,24)6)28(5)14-12-22(30)16-21(28)17-26(27)31/h18-21,23-25,27H,7-17H2,1-6H3/t19-,20-,21?,23-,24+,25+,27+,28+,29-/m1/s1. The average molecular weight is 429 g/mol. The third kappa shape index (κ3) is 3.86. The molecule has 0 aromatic heterocycles. The summed E-state index contributed by atoms with van der Waals surface area (Å²) in [6, 6.07) is 0. The van der Waals surface area contributed by atoms with E-state index in [-0.39, 0.29) is 11.3 Å². The van der Waals surface area contributed by atoms with Gasteiger partial charge in [0.05, 0.1) is 0 Å². The number of ketones is 2. The number of fused-ring (bicyclic) bond motifs is 5. The Morgan fingerprint density at radius 2 is 1.61 bits per heavy atom. The molecule has 0 spiro atoms. The normalized spacial score (nSPS) is 44.5. The van der Waals surface area contributed by atoms with Gasteiger partial charge in [-0.3, -0.25) is 9.59 Å². The number of hydrogen-bond acceptors (Lipinski definition) is 2. The van der Waals surface area contributed by atoms with Gasteiger partial charge in [-0.1, -0.05) is 54.4 Å². The molecule has 9 atom stereocenters. The Balaban J connectivity index is 1.50. The van der Waals surface area contributed by atoms with E-state index in [4.69, 9.17) is 0 Å². The van der Waals surface area contributed by atoms with Crippen LogP contribution >= 0.6 is 0 Å². The third-order valence-electron chi connectivity index (χ3n) is 11.5. The van der Waals surface area contributed by atoms with Gasteiger partial charge >= 0.3 is 0 Å². The zero-order chi connectivity index (χ0) is 22.6. The van der Waals surface area contributed by atoms with Crippen molar-refractivity contribution in [1.29, 1.82) is 0 Å². The van der Waals surface area contributed by atoms with Crippen molar-refractivity contribution in [2.75, 3.05) is 0 Å². The van der Waals surface area contributed by atoms with Crippen LogP contribution in [0.4, 0.5) is 0 Å². The minimum absolute atomic E-state index is 0.225. The summed E-state index contributed by atoms with van der Waals surface area (Å²) in [6.45, 7) is 14.6. The van der Waals surface area contributed by atoms with E-state index in [1.54, 1.807) is 0 Å². The van der Waals surface area contributed by atoms with Crippen LogP contribution in [0.2, 0.25) is 0 Å². The highest BCUT2D eigenvalue weighted by Gasteiger charge is 2.63. The fourth-order valence-electron chi connectivity index (χ4n) is 9.39. The first-order valence-electron chi connectivity index (χ1n) is 13.7. The predicted molar refractivity (Wildman–Crippen MR) is 128 cm³/mol. The lowest BCUT2D eigenvalue weighted by atomic mass is 9.44. The molecule has 0 aliphatic heterocycles. The summed E-state index contributed by atoms with van der Waals surface area (Å²) in [6.07, 6.45) is 12.3. The van der Waals surface area contributed by atoms with Crippen LogP contribution in [0.1, 0.15) is 112 Å². The van der Waals surface area contributed by atoms with Crippen molar-refractivity contribution in [1.82, 2.24) is 0 Å². The second kappa shape index (κ2) is 8.60. The Labute approximate surface area is 191 Å². The SMILES string of the molecule is CC[C@H](CC[C@@H](C)[C@H]1CC[C@H]2[C@@H]3C(=O)CC4CC(=O)CC[C@]4(C)[C@H]3CC[C@]12C)C(C)C. The molecule has 4 aliphatic carbocycles. The van der Waals surface area contributed by atoms with Gasteiger partial charge in [0.1, 0.15) is 11.6 Å². The molecule has 0 radical (unpaired) electrons. The van der Waals surface area contributed by atoms with Gasteiger partial charge in [-0.05, 0) is 90.8 Å². The second-order valence-corrected chi connectivity index (χ2v) is 13.1. The van der Waals surface area contributed by atoms with Crippen LogP contribution in [0.3, 0.4) is 0 Å². The Morgan fingerprint density at radius 1 is 0.903 bits per heavy atom.